The number of oxime groups is 1. The Morgan fingerprint density at radius 2 is 1.88 bits per heavy atom. The summed E-state index contributed by atoms with van der Waals surface area (Å²) in [6.45, 7) is 2.02. The maximum Gasteiger partial charge on any atom is 0.128 e. The Balaban J connectivity index is 2.65. The van der Waals surface area contributed by atoms with Crippen molar-refractivity contribution in [3.8, 4) is 11.5 Å². The summed E-state index contributed by atoms with van der Waals surface area (Å²) in [5.74, 6) is 1.74. The molecule has 0 spiro atoms. The van der Waals surface area contributed by atoms with E-state index in [0.717, 1.165) is 29.0 Å². The summed E-state index contributed by atoms with van der Waals surface area (Å²) in [4.78, 5) is 0. The van der Waals surface area contributed by atoms with Gasteiger partial charge in [-0.2, -0.15) is 0 Å². The topological polar surface area (TPSA) is 51.0 Å². The first-order valence-corrected chi connectivity index (χ1v) is 5.19. The first kappa shape index (κ1) is 10.8. The number of nitrogens with zero attached hydrogens (tertiary/aromatic N) is 1. The molecule has 1 aliphatic rings. The lowest BCUT2D eigenvalue weighted by Crippen LogP contribution is -2.06. The van der Waals surface area contributed by atoms with Gasteiger partial charge < -0.3 is 14.7 Å². The fraction of sp³-hybridized carbons (Fsp3) is 0.417. The number of benzene rings is 1. The Morgan fingerprint density at radius 3 is 2.44 bits per heavy atom. The summed E-state index contributed by atoms with van der Waals surface area (Å²) in [6.07, 6.45) is 0.815. The predicted molar refractivity (Wildman–Crippen MR) is 60.7 cm³/mol. The van der Waals surface area contributed by atoms with E-state index in [1.165, 1.54) is 0 Å². The highest BCUT2D eigenvalue weighted by molar-refractivity contribution is 6.08. The van der Waals surface area contributed by atoms with Crippen LogP contribution in [0.3, 0.4) is 0 Å². The largest absolute Gasteiger partial charge is 0.496 e. The molecule has 1 atom stereocenters. The summed E-state index contributed by atoms with van der Waals surface area (Å²) < 4.78 is 10.6. The molecular formula is C12H15NO3. The van der Waals surface area contributed by atoms with Crippen LogP contribution in [0.25, 0.3) is 0 Å². The van der Waals surface area contributed by atoms with Crippen LogP contribution in [-0.4, -0.2) is 25.1 Å². The molecular weight excluding hydrogens is 206 g/mol. The molecule has 0 fully saturated rings. The average molecular weight is 221 g/mol. The van der Waals surface area contributed by atoms with E-state index in [1.54, 1.807) is 14.2 Å². The Kier molecular flexibility index (Phi) is 2.73. The third-order valence-electron chi connectivity index (χ3n) is 3.01. The quantitative estimate of drug-likeness (QED) is 0.614. The molecule has 0 saturated carbocycles. The molecule has 2 rings (SSSR count). The normalized spacial score (nSPS) is 20.9. The lowest BCUT2D eigenvalue weighted by atomic mass is 10.1. The van der Waals surface area contributed by atoms with Gasteiger partial charge in [-0.3, -0.25) is 0 Å². The van der Waals surface area contributed by atoms with Gasteiger partial charge in [-0.15, -0.1) is 0 Å². The average Bonchev–Trinajstić information content (AvgIpc) is 2.64. The van der Waals surface area contributed by atoms with Gasteiger partial charge in [0.05, 0.1) is 19.9 Å². The van der Waals surface area contributed by atoms with Gasteiger partial charge in [0, 0.05) is 17.0 Å². The molecule has 0 saturated heterocycles. The number of rotatable bonds is 2. The third-order valence-corrected chi connectivity index (χ3v) is 3.01. The van der Waals surface area contributed by atoms with Gasteiger partial charge in [0.25, 0.3) is 0 Å². The molecule has 4 nitrogen and oxygen atoms in total. The molecule has 86 valence electrons. The summed E-state index contributed by atoms with van der Waals surface area (Å²) in [7, 11) is 3.25. The molecule has 0 amide bonds. The van der Waals surface area contributed by atoms with Crippen molar-refractivity contribution in [3.63, 3.8) is 0 Å². The van der Waals surface area contributed by atoms with Gasteiger partial charge in [-0.25, -0.2) is 0 Å². The van der Waals surface area contributed by atoms with Gasteiger partial charge in [-0.05, 0) is 18.6 Å². The molecule has 1 N–H and O–H groups in total. The second kappa shape index (κ2) is 4.04. The SMILES string of the molecule is COc1ccc(OC)c2c1CC(C)/C2=N\O. The van der Waals surface area contributed by atoms with E-state index >= 15 is 0 Å². The zero-order valence-electron chi connectivity index (χ0n) is 9.65. The molecule has 0 bridgehead atoms. The Bertz CT molecular complexity index is 440. The summed E-state index contributed by atoms with van der Waals surface area (Å²) in [6, 6.07) is 3.71. The molecule has 16 heavy (non-hydrogen) atoms. The summed E-state index contributed by atoms with van der Waals surface area (Å²) >= 11 is 0. The third kappa shape index (κ3) is 1.41. The minimum Gasteiger partial charge on any atom is -0.496 e. The van der Waals surface area contributed by atoms with Crippen LogP contribution in [0.1, 0.15) is 18.1 Å². The zero-order valence-corrected chi connectivity index (χ0v) is 9.65. The standard InChI is InChI=1S/C12H15NO3/c1-7-6-8-9(15-2)4-5-10(16-3)11(8)12(7)13-14/h4-5,7,14H,6H2,1-3H3/b13-12+. The Morgan fingerprint density at radius 1 is 1.25 bits per heavy atom. The fourth-order valence-corrected chi connectivity index (χ4v) is 2.25. The number of hydrogen-bond acceptors (Lipinski definition) is 4. The molecule has 1 aromatic rings. The molecule has 4 heteroatoms. The fourth-order valence-electron chi connectivity index (χ4n) is 2.25. The Labute approximate surface area is 94.5 Å². The van der Waals surface area contributed by atoms with E-state index in [1.807, 2.05) is 19.1 Å². The number of ether oxygens (including phenoxy) is 2. The van der Waals surface area contributed by atoms with Crippen LogP contribution in [0.2, 0.25) is 0 Å². The van der Waals surface area contributed by atoms with Crippen LogP contribution < -0.4 is 9.47 Å². The van der Waals surface area contributed by atoms with Gasteiger partial charge >= 0.3 is 0 Å². The zero-order chi connectivity index (χ0) is 11.7. The minimum atomic E-state index is 0.185. The smallest absolute Gasteiger partial charge is 0.128 e. The molecule has 1 aliphatic carbocycles. The summed E-state index contributed by atoms with van der Waals surface area (Å²) in [5, 5.41) is 12.4. The van der Waals surface area contributed by atoms with Crippen LogP contribution in [0.15, 0.2) is 17.3 Å². The highest BCUT2D eigenvalue weighted by Crippen LogP contribution is 2.39. The van der Waals surface area contributed by atoms with Crippen molar-refractivity contribution in [2.75, 3.05) is 14.2 Å². The molecule has 1 aromatic carbocycles. The van der Waals surface area contributed by atoms with Crippen molar-refractivity contribution in [2.45, 2.75) is 13.3 Å². The van der Waals surface area contributed by atoms with Crippen LogP contribution in [0.4, 0.5) is 0 Å². The van der Waals surface area contributed by atoms with Gasteiger partial charge in [0.2, 0.25) is 0 Å². The van der Waals surface area contributed by atoms with Crippen molar-refractivity contribution in [1.29, 1.82) is 0 Å². The molecule has 0 aromatic heterocycles. The highest BCUT2D eigenvalue weighted by Gasteiger charge is 2.31. The second-order valence-corrected chi connectivity index (χ2v) is 3.91. The van der Waals surface area contributed by atoms with Gasteiger partial charge in [0.1, 0.15) is 11.5 Å². The first-order chi connectivity index (χ1) is 7.72. The minimum absolute atomic E-state index is 0.185. The monoisotopic (exact) mass is 221 g/mol. The first-order valence-electron chi connectivity index (χ1n) is 5.19. The van der Waals surface area contributed by atoms with E-state index in [2.05, 4.69) is 5.16 Å². The van der Waals surface area contributed by atoms with Gasteiger partial charge in [0.15, 0.2) is 0 Å². The van der Waals surface area contributed by atoms with E-state index < -0.39 is 0 Å². The maximum atomic E-state index is 9.06. The molecule has 0 aliphatic heterocycles. The van der Waals surface area contributed by atoms with Crippen molar-refractivity contribution >= 4 is 5.71 Å². The van der Waals surface area contributed by atoms with Gasteiger partial charge in [-0.1, -0.05) is 12.1 Å². The van der Waals surface area contributed by atoms with E-state index in [-0.39, 0.29) is 5.92 Å². The molecule has 1 unspecified atom stereocenters. The van der Waals surface area contributed by atoms with E-state index in [4.69, 9.17) is 14.7 Å². The van der Waals surface area contributed by atoms with Crippen LogP contribution in [0, 0.1) is 5.92 Å². The predicted octanol–water partition coefficient (Wildman–Crippen LogP) is 2.07. The van der Waals surface area contributed by atoms with Crippen LogP contribution in [0.5, 0.6) is 11.5 Å². The van der Waals surface area contributed by atoms with Crippen molar-refractivity contribution in [2.24, 2.45) is 11.1 Å². The van der Waals surface area contributed by atoms with E-state index in [0.29, 0.717) is 5.71 Å². The highest BCUT2D eigenvalue weighted by atomic mass is 16.5. The lowest BCUT2D eigenvalue weighted by molar-refractivity contribution is 0.316. The number of fused-ring (bicyclic) bond motifs is 1. The lowest BCUT2D eigenvalue weighted by Gasteiger charge is -2.10. The number of methoxy groups -OCH3 is 2. The van der Waals surface area contributed by atoms with Crippen LogP contribution >= 0.6 is 0 Å². The number of hydrogen-bond donors (Lipinski definition) is 1. The van der Waals surface area contributed by atoms with E-state index in [9.17, 15) is 0 Å². The van der Waals surface area contributed by atoms with Crippen molar-refractivity contribution in [1.82, 2.24) is 0 Å². The molecule has 0 heterocycles. The second-order valence-electron chi connectivity index (χ2n) is 3.91. The van der Waals surface area contributed by atoms with Crippen molar-refractivity contribution in [3.05, 3.63) is 23.3 Å². The van der Waals surface area contributed by atoms with Crippen LogP contribution in [-0.2, 0) is 6.42 Å². The Hall–Kier alpha value is -1.71. The molecule has 0 radical (unpaired) electrons. The summed E-state index contributed by atoms with van der Waals surface area (Å²) in [5.41, 5.74) is 2.60. The maximum absolute atomic E-state index is 9.06. The van der Waals surface area contributed by atoms with Crippen molar-refractivity contribution < 1.29 is 14.7 Å².